The number of hydrogen-bond donors (Lipinski definition) is 2. The molecule has 0 spiro atoms. The van der Waals surface area contributed by atoms with E-state index in [-0.39, 0.29) is 11.8 Å². The van der Waals surface area contributed by atoms with Crippen molar-refractivity contribution in [3.05, 3.63) is 47.7 Å². The van der Waals surface area contributed by atoms with Crippen molar-refractivity contribution in [2.75, 3.05) is 17.7 Å². The van der Waals surface area contributed by atoms with Crippen LogP contribution in [0.4, 0.5) is 30.6 Å². The van der Waals surface area contributed by atoms with Crippen LogP contribution in [-0.4, -0.2) is 37.0 Å². The van der Waals surface area contributed by atoms with Crippen molar-refractivity contribution in [3.63, 3.8) is 0 Å². The number of nitrogens with zero attached hydrogens (tertiary/aromatic N) is 6. The molecule has 0 saturated carbocycles. The molecule has 0 aliphatic carbocycles. The number of halogens is 3. The summed E-state index contributed by atoms with van der Waals surface area (Å²) in [5, 5.41) is 17.4. The molecule has 3 rings (SSSR count). The van der Waals surface area contributed by atoms with E-state index in [0.29, 0.717) is 17.9 Å². The number of nitrogens with one attached hydrogen (secondary N) is 2. The van der Waals surface area contributed by atoms with Gasteiger partial charge in [-0.05, 0) is 19.1 Å². The number of aryl methyl sites for hydroxylation is 1. The largest absolute Gasteiger partial charge is 0.421 e. The van der Waals surface area contributed by atoms with E-state index in [2.05, 4.69) is 35.9 Å². The molecular formula is C15H15F3N8. The summed E-state index contributed by atoms with van der Waals surface area (Å²) in [6, 6.07) is 3.59. The van der Waals surface area contributed by atoms with Crippen molar-refractivity contribution < 1.29 is 13.2 Å². The second kappa shape index (κ2) is 6.94. The van der Waals surface area contributed by atoms with Gasteiger partial charge in [0.25, 0.3) is 0 Å². The highest BCUT2D eigenvalue weighted by Gasteiger charge is 2.35. The lowest BCUT2D eigenvalue weighted by Crippen LogP contribution is -2.12. The molecular weight excluding hydrogens is 349 g/mol. The van der Waals surface area contributed by atoms with Gasteiger partial charge in [0.1, 0.15) is 11.4 Å². The number of rotatable bonds is 5. The van der Waals surface area contributed by atoms with Crippen molar-refractivity contribution in [2.45, 2.75) is 19.6 Å². The predicted octanol–water partition coefficient (Wildman–Crippen LogP) is 2.62. The maximum atomic E-state index is 12.9. The summed E-state index contributed by atoms with van der Waals surface area (Å²) >= 11 is 0. The normalized spacial score (nSPS) is 11.4. The molecule has 0 aliphatic heterocycles. The van der Waals surface area contributed by atoms with Crippen LogP contribution in [-0.2, 0) is 12.7 Å². The molecule has 8 nitrogen and oxygen atoms in total. The molecule has 3 aromatic heterocycles. The van der Waals surface area contributed by atoms with Gasteiger partial charge in [-0.1, -0.05) is 0 Å². The van der Waals surface area contributed by atoms with Crippen LogP contribution < -0.4 is 10.6 Å². The van der Waals surface area contributed by atoms with E-state index in [9.17, 15) is 13.2 Å². The van der Waals surface area contributed by atoms with E-state index in [1.807, 2.05) is 6.07 Å². The zero-order chi connectivity index (χ0) is 18.7. The van der Waals surface area contributed by atoms with Crippen LogP contribution >= 0.6 is 0 Å². The lowest BCUT2D eigenvalue weighted by atomic mass is 10.3. The first kappa shape index (κ1) is 17.6. The van der Waals surface area contributed by atoms with Gasteiger partial charge in [-0.25, -0.2) is 4.98 Å². The van der Waals surface area contributed by atoms with Crippen LogP contribution in [0.1, 0.15) is 17.0 Å². The molecule has 0 atom stereocenters. The second-order valence-electron chi connectivity index (χ2n) is 5.37. The summed E-state index contributed by atoms with van der Waals surface area (Å²) in [6.07, 6.45) is -0.523. The SMILES string of the molecule is CNc1nc(Nc2cn(Cc3cccnn3)nc2C)ncc1C(F)(F)F. The minimum Gasteiger partial charge on any atom is -0.372 e. The van der Waals surface area contributed by atoms with Crippen LogP contribution in [0.15, 0.2) is 30.7 Å². The Morgan fingerprint density at radius 1 is 1.27 bits per heavy atom. The highest BCUT2D eigenvalue weighted by molar-refractivity contribution is 5.57. The van der Waals surface area contributed by atoms with Gasteiger partial charge < -0.3 is 10.6 Å². The van der Waals surface area contributed by atoms with Crippen molar-refractivity contribution in [3.8, 4) is 0 Å². The molecule has 0 bridgehead atoms. The smallest absolute Gasteiger partial charge is 0.372 e. The van der Waals surface area contributed by atoms with Crippen LogP contribution in [0.25, 0.3) is 0 Å². The average Bonchev–Trinajstić information content (AvgIpc) is 2.93. The fraction of sp³-hybridized carbons (Fsp3) is 0.267. The summed E-state index contributed by atoms with van der Waals surface area (Å²) in [6.45, 7) is 2.17. The Morgan fingerprint density at radius 2 is 2.08 bits per heavy atom. The van der Waals surface area contributed by atoms with Crippen molar-refractivity contribution >= 4 is 17.5 Å². The van der Waals surface area contributed by atoms with Gasteiger partial charge in [-0.15, -0.1) is 0 Å². The van der Waals surface area contributed by atoms with E-state index in [1.165, 1.54) is 7.05 Å². The zero-order valence-electron chi connectivity index (χ0n) is 13.9. The third-order valence-electron chi connectivity index (χ3n) is 3.48. The van der Waals surface area contributed by atoms with Gasteiger partial charge in [0.2, 0.25) is 5.95 Å². The van der Waals surface area contributed by atoms with Crippen LogP contribution in [0.2, 0.25) is 0 Å². The highest BCUT2D eigenvalue weighted by Crippen LogP contribution is 2.33. The number of alkyl halides is 3. The Kier molecular flexibility index (Phi) is 4.69. The number of anilines is 3. The molecule has 0 saturated heterocycles. The minimum absolute atomic E-state index is 0.0319. The standard InChI is InChI=1S/C15H15F3N8/c1-9-12(8-26(25-9)7-10-4-3-5-21-24-10)22-14-20-6-11(15(16,17)18)13(19-2)23-14/h3-6,8H,7H2,1-2H3,(H2,19,20,22,23). The molecule has 0 radical (unpaired) electrons. The molecule has 11 heteroatoms. The zero-order valence-corrected chi connectivity index (χ0v) is 13.9. The maximum absolute atomic E-state index is 12.9. The molecule has 3 heterocycles. The summed E-state index contributed by atoms with van der Waals surface area (Å²) in [4.78, 5) is 7.62. The van der Waals surface area contributed by atoms with E-state index < -0.39 is 11.7 Å². The molecule has 0 fully saturated rings. The van der Waals surface area contributed by atoms with Crippen LogP contribution in [0, 0.1) is 6.92 Å². The van der Waals surface area contributed by atoms with Crippen molar-refractivity contribution in [1.82, 2.24) is 29.9 Å². The lowest BCUT2D eigenvalue weighted by molar-refractivity contribution is -0.137. The Bertz CT molecular complexity index is 892. The first-order valence-corrected chi connectivity index (χ1v) is 7.56. The molecule has 0 aromatic carbocycles. The second-order valence-corrected chi connectivity index (χ2v) is 5.37. The topological polar surface area (TPSA) is 93.4 Å². The molecule has 3 aromatic rings. The lowest BCUT2D eigenvalue weighted by Gasteiger charge is -2.12. The Labute approximate surface area is 146 Å². The van der Waals surface area contributed by atoms with Gasteiger partial charge in [-0.2, -0.15) is 33.5 Å². The van der Waals surface area contributed by atoms with E-state index >= 15 is 0 Å². The summed E-state index contributed by atoms with van der Waals surface area (Å²) in [7, 11) is 1.37. The minimum atomic E-state index is -4.53. The highest BCUT2D eigenvalue weighted by atomic mass is 19.4. The molecule has 0 aliphatic rings. The summed E-state index contributed by atoms with van der Waals surface area (Å²) < 4.78 is 40.4. The summed E-state index contributed by atoms with van der Waals surface area (Å²) in [5.41, 5.74) is 1.02. The Balaban J connectivity index is 1.81. The van der Waals surface area contributed by atoms with Crippen molar-refractivity contribution in [2.24, 2.45) is 0 Å². The number of aromatic nitrogens is 6. The van der Waals surface area contributed by atoms with Gasteiger partial charge in [0.05, 0.1) is 23.6 Å². The van der Waals surface area contributed by atoms with Gasteiger partial charge in [0.15, 0.2) is 0 Å². The maximum Gasteiger partial charge on any atom is 0.421 e. The quantitative estimate of drug-likeness (QED) is 0.719. The van der Waals surface area contributed by atoms with Gasteiger partial charge in [0, 0.05) is 25.6 Å². The molecule has 136 valence electrons. The molecule has 0 amide bonds. The third kappa shape index (κ3) is 3.87. The van der Waals surface area contributed by atoms with Crippen LogP contribution in [0.5, 0.6) is 0 Å². The molecule has 0 unspecified atom stereocenters. The van der Waals surface area contributed by atoms with E-state index in [1.54, 1.807) is 30.1 Å². The van der Waals surface area contributed by atoms with E-state index in [4.69, 9.17) is 0 Å². The van der Waals surface area contributed by atoms with Crippen LogP contribution in [0.3, 0.4) is 0 Å². The predicted molar refractivity (Wildman–Crippen MR) is 88.0 cm³/mol. The number of hydrogen-bond acceptors (Lipinski definition) is 7. The first-order valence-electron chi connectivity index (χ1n) is 7.56. The Hall–Kier alpha value is -3.24. The third-order valence-corrected chi connectivity index (χ3v) is 3.48. The first-order chi connectivity index (χ1) is 12.4. The molecule has 26 heavy (non-hydrogen) atoms. The van der Waals surface area contributed by atoms with Gasteiger partial charge >= 0.3 is 6.18 Å². The van der Waals surface area contributed by atoms with Crippen molar-refractivity contribution in [1.29, 1.82) is 0 Å². The average molecular weight is 364 g/mol. The van der Waals surface area contributed by atoms with Gasteiger partial charge in [-0.3, -0.25) is 4.68 Å². The monoisotopic (exact) mass is 364 g/mol. The van der Waals surface area contributed by atoms with E-state index in [0.717, 1.165) is 11.9 Å². The fourth-order valence-electron chi connectivity index (χ4n) is 2.27. The Morgan fingerprint density at radius 3 is 2.73 bits per heavy atom. The fourth-order valence-corrected chi connectivity index (χ4v) is 2.27. The molecule has 2 N–H and O–H groups in total. The summed E-state index contributed by atoms with van der Waals surface area (Å²) in [5.74, 6) is -0.274.